The number of nitrogens with one attached hydrogen (secondary N) is 2. The lowest BCUT2D eigenvalue weighted by atomic mass is 10.0. The maximum absolute atomic E-state index is 12.3. The molecule has 1 aromatic rings. The van der Waals surface area contributed by atoms with Gasteiger partial charge in [-0.25, -0.2) is 13.1 Å². The smallest absolute Gasteiger partial charge is 0.243 e. The fraction of sp³-hybridized carbons (Fsp3) is 0.786. The highest BCUT2D eigenvalue weighted by atomic mass is 32.2. The zero-order chi connectivity index (χ0) is 15.3. The van der Waals surface area contributed by atoms with Crippen molar-refractivity contribution in [3.63, 3.8) is 0 Å². The maximum Gasteiger partial charge on any atom is 0.243 e. The Labute approximate surface area is 127 Å². The van der Waals surface area contributed by atoms with Crippen molar-refractivity contribution in [3.05, 3.63) is 12.4 Å². The van der Waals surface area contributed by atoms with E-state index in [2.05, 4.69) is 22.1 Å². The summed E-state index contributed by atoms with van der Waals surface area (Å²) in [5.74, 6) is 0. The average molecular weight is 314 g/mol. The molecule has 1 aliphatic carbocycles. The Bertz CT molecular complexity index is 549. The van der Waals surface area contributed by atoms with Crippen LogP contribution in [-0.2, 0) is 16.6 Å². The van der Waals surface area contributed by atoms with Crippen LogP contribution in [0.15, 0.2) is 17.3 Å². The van der Waals surface area contributed by atoms with E-state index < -0.39 is 10.0 Å². The predicted octanol–water partition coefficient (Wildman–Crippen LogP) is 1.35. The molecule has 0 bridgehead atoms. The van der Waals surface area contributed by atoms with Crippen LogP contribution in [0.1, 0.15) is 39.5 Å². The number of nitrogens with zero attached hydrogens (tertiary/aromatic N) is 2. The van der Waals surface area contributed by atoms with E-state index in [9.17, 15) is 8.42 Å². The highest BCUT2D eigenvalue weighted by Crippen LogP contribution is 2.49. The van der Waals surface area contributed by atoms with Gasteiger partial charge in [-0.3, -0.25) is 4.68 Å². The quantitative estimate of drug-likeness (QED) is 0.639. The van der Waals surface area contributed by atoms with Gasteiger partial charge in [0, 0.05) is 19.3 Å². The van der Waals surface area contributed by atoms with Crippen LogP contribution >= 0.6 is 0 Å². The largest absolute Gasteiger partial charge is 0.315 e. The Hall–Kier alpha value is -0.920. The molecule has 0 atom stereocenters. The van der Waals surface area contributed by atoms with E-state index in [1.807, 2.05) is 6.92 Å². The Morgan fingerprint density at radius 1 is 1.38 bits per heavy atom. The summed E-state index contributed by atoms with van der Waals surface area (Å²) in [6, 6.07) is 0. The first-order valence-electron chi connectivity index (χ1n) is 7.74. The van der Waals surface area contributed by atoms with Gasteiger partial charge in [0.1, 0.15) is 4.90 Å². The molecule has 6 nitrogen and oxygen atoms in total. The van der Waals surface area contributed by atoms with Crippen LogP contribution in [0.4, 0.5) is 0 Å². The molecule has 0 aliphatic heterocycles. The summed E-state index contributed by atoms with van der Waals surface area (Å²) < 4.78 is 29.0. The number of sulfonamides is 1. The Morgan fingerprint density at radius 2 is 2.14 bits per heavy atom. The third-order valence-electron chi connectivity index (χ3n) is 4.06. The van der Waals surface area contributed by atoms with Crippen LogP contribution < -0.4 is 10.0 Å². The topological polar surface area (TPSA) is 76.0 Å². The van der Waals surface area contributed by atoms with Crippen molar-refractivity contribution in [1.82, 2.24) is 19.8 Å². The first kappa shape index (κ1) is 16.5. The summed E-state index contributed by atoms with van der Waals surface area (Å²) in [6.45, 7) is 7.07. The number of likely N-dealkylation sites (N-methyl/N-ethyl adjacent to an activating group) is 1. The second-order valence-electron chi connectivity index (χ2n) is 5.87. The second-order valence-corrected chi connectivity index (χ2v) is 7.63. The molecule has 7 heteroatoms. The highest BCUT2D eigenvalue weighted by molar-refractivity contribution is 7.89. The number of hydrogen-bond donors (Lipinski definition) is 2. The average Bonchev–Trinajstić information content (AvgIpc) is 3.04. The van der Waals surface area contributed by atoms with Crippen molar-refractivity contribution in [2.45, 2.75) is 51.0 Å². The SMILES string of the molecule is CCCC1(CNS(=O)(=O)c2cnn(CCNCC)c2)CC1. The number of rotatable bonds is 10. The van der Waals surface area contributed by atoms with Crippen molar-refractivity contribution < 1.29 is 8.42 Å². The minimum atomic E-state index is -3.44. The minimum absolute atomic E-state index is 0.211. The molecule has 0 spiro atoms. The monoisotopic (exact) mass is 314 g/mol. The third kappa shape index (κ3) is 4.52. The molecule has 0 amide bonds. The highest BCUT2D eigenvalue weighted by Gasteiger charge is 2.42. The van der Waals surface area contributed by atoms with Crippen LogP contribution in [0.3, 0.4) is 0 Å². The van der Waals surface area contributed by atoms with Crippen molar-refractivity contribution in [2.24, 2.45) is 5.41 Å². The van der Waals surface area contributed by atoms with Crippen LogP contribution in [0, 0.1) is 5.41 Å². The van der Waals surface area contributed by atoms with E-state index in [1.165, 1.54) is 6.20 Å². The molecule has 0 radical (unpaired) electrons. The Kier molecular flexibility index (Phi) is 5.40. The lowest BCUT2D eigenvalue weighted by Gasteiger charge is -2.14. The summed E-state index contributed by atoms with van der Waals surface area (Å²) in [5, 5.41) is 7.29. The first-order chi connectivity index (χ1) is 10.0. The Morgan fingerprint density at radius 3 is 2.76 bits per heavy atom. The van der Waals surface area contributed by atoms with E-state index >= 15 is 0 Å². The molecule has 1 aromatic heterocycles. The summed E-state index contributed by atoms with van der Waals surface area (Å²) >= 11 is 0. The van der Waals surface area contributed by atoms with Gasteiger partial charge in [-0.05, 0) is 31.2 Å². The number of hydrogen-bond acceptors (Lipinski definition) is 4. The Balaban J connectivity index is 1.90. The van der Waals surface area contributed by atoms with Crippen LogP contribution in [-0.4, -0.2) is 37.8 Å². The van der Waals surface area contributed by atoms with Gasteiger partial charge in [0.05, 0.1) is 12.7 Å². The molecule has 0 saturated heterocycles. The van der Waals surface area contributed by atoms with E-state index in [0.29, 0.717) is 13.1 Å². The molecule has 0 aromatic carbocycles. The van der Waals surface area contributed by atoms with Gasteiger partial charge in [0.2, 0.25) is 10.0 Å². The molecule has 1 heterocycles. The minimum Gasteiger partial charge on any atom is -0.315 e. The van der Waals surface area contributed by atoms with Crippen LogP contribution in [0.25, 0.3) is 0 Å². The molecule has 0 unspecified atom stereocenters. The molecule has 1 fully saturated rings. The summed E-state index contributed by atoms with van der Waals surface area (Å²) in [4.78, 5) is 0.256. The lowest BCUT2D eigenvalue weighted by molar-refractivity contribution is 0.449. The van der Waals surface area contributed by atoms with Gasteiger partial charge in [-0.2, -0.15) is 5.10 Å². The standard InChI is InChI=1S/C14H26N4O2S/c1-3-5-14(6-7-14)12-17-21(19,20)13-10-16-18(11-13)9-8-15-4-2/h10-11,15,17H,3-9,12H2,1-2H3. The van der Waals surface area contributed by atoms with E-state index in [1.54, 1.807) is 10.9 Å². The first-order valence-corrected chi connectivity index (χ1v) is 9.22. The number of aromatic nitrogens is 2. The van der Waals surface area contributed by atoms with Gasteiger partial charge in [0.25, 0.3) is 0 Å². The molecule has 21 heavy (non-hydrogen) atoms. The fourth-order valence-electron chi connectivity index (χ4n) is 2.53. The van der Waals surface area contributed by atoms with E-state index in [-0.39, 0.29) is 10.3 Å². The molecular formula is C14H26N4O2S. The summed E-state index contributed by atoms with van der Waals surface area (Å²) in [6.07, 6.45) is 7.48. The fourth-order valence-corrected chi connectivity index (χ4v) is 3.64. The van der Waals surface area contributed by atoms with Crippen molar-refractivity contribution in [3.8, 4) is 0 Å². The van der Waals surface area contributed by atoms with Gasteiger partial charge in [-0.1, -0.05) is 20.3 Å². The molecule has 2 rings (SSSR count). The normalized spacial score (nSPS) is 17.0. The van der Waals surface area contributed by atoms with E-state index in [0.717, 1.165) is 38.8 Å². The van der Waals surface area contributed by atoms with Gasteiger partial charge in [0.15, 0.2) is 0 Å². The van der Waals surface area contributed by atoms with Crippen molar-refractivity contribution in [1.29, 1.82) is 0 Å². The van der Waals surface area contributed by atoms with Crippen molar-refractivity contribution in [2.75, 3.05) is 19.6 Å². The third-order valence-corrected chi connectivity index (χ3v) is 5.42. The van der Waals surface area contributed by atoms with Gasteiger partial charge in [-0.15, -0.1) is 0 Å². The maximum atomic E-state index is 12.3. The van der Waals surface area contributed by atoms with Crippen molar-refractivity contribution >= 4 is 10.0 Å². The predicted molar refractivity (Wildman–Crippen MR) is 82.5 cm³/mol. The second kappa shape index (κ2) is 6.89. The lowest BCUT2D eigenvalue weighted by Crippen LogP contribution is -2.30. The van der Waals surface area contributed by atoms with Gasteiger partial charge >= 0.3 is 0 Å². The zero-order valence-electron chi connectivity index (χ0n) is 12.9. The molecular weight excluding hydrogens is 288 g/mol. The van der Waals surface area contributed by atoms with Gasteiger partial charge < -0.3 is 5.32 Å². The molecule has 1 saturated carbocycles. The summed E-state index contributed by atoms with van der Waals surface area (Å²) in [5.41, 5.74) is 0.211. The zero-order valence-corrected chi connectivity index (χ0v) is 13.7. The van der Waals surface area contributed by atoms with E-state index in [4.69, 9.17) is 0 Å². The molecule has 120 valence electrons. The summed E-state index contributed by atoms with van der Waals surface area (Å²) in [7, 11) is -3.44. The van der Waals surface area contributed by atoms with Crippen LogP contribution in [0.5, 0.6) is 0 Å². The molecule has 2 N–H and O–H groups in total. The molecule has 1 aliphatic rings. The van der Waals surface area contributed by atoms with Crippen LogP contribution in [0.2, 0.25) is 0 Å².